The maximum atomic E-state index is 13.9. The lowest BCUT2D eigenvalue weighted by Gasteiger charge is -2.24. The van der Waals surface area contributed by atoms with Crippen molar-refractivity contribution in [2.45, 2.75) is 19.5 Å². The number of carbonyl (C=O) groups excluding carboxylic acids is 1. The summed E-state index contributed by atoms with van der Waals surface area (Å²) in [6.45, 7) is 3.54. The van der Waals surface area contributed by atoms with Gasteiger partial charge in [-0.3, -0.25) is 4.79 Å². The van der Waals surface area contributed by atoms with Gasteiger partial charge in [-0.15, -0.1) is 0 Å². The Kier molecular flexibility index (Phi) is 7.44. The van der Waals surface area contributed by atoms with Crippen LogP contribution in [0.2, 0.25) is 0 Å². The van der Waals surface area contributed by atoms with Crippen LogP contribution in [0, 0.1) is 0 Å². The van der Waals surface area contributed by atoms with Crippen LogP contribution in [-0.2, 0) is 33.0 Å². The molecule has 2 aliphatic heterocycles. The second kappa shape index (κ2) is 10.5. The molecule has 0 bridgehead atoms. The van der Waals surface area contributed by atoms with E-state index in [1.54, 1.807) is 55.5 Å². The number of rotatable bonds is 9. The summed E-state index contributed by atoms with van der Waals surface area (Å²) in [7, 11) is -4.08. The van der Waals surface area contributed by atoms with Crippen LogP contribution < -0.4 is 9.05 Å². The molecule has 0 aromatic heterocycles. The molecule has 0 atom stereocenters. The minimum absolute atomic E-state index is 0.138. The first-order chi connectivity index (χ1) is 15.6. The summed E-state index contributed by atoms with van der Waals surface area (Å²) in [4.78, 5) is 12.3. The fraction of sp³-hybridized carbons (Fsp3) is 0.409. The Labute approximate surface area is 186 Å². The Morgan fingerprint density at radius 2 is 1.28 bits per heavy atom. The van der Waals surface area contributed by atoms with Crippen molar-refractivity contribution in [3.63, 3.8) is 0 Å². The van der Waals surface area contributed by atoms with Crippen LogP contribution in [0.4, 0.5) is 0 Å². The Morgan fingerprint density at radius 1 is 0.844 bits per heavy atom. The first-order valence-corrected chi connectivity index (χ1v) is 12.1. The summed E-state index contributed by atoms with van der Waals surface area (Å²) in [5.74, 6) is -0.233. The lowest BCUT2D eigenvalue weighted by atomic mass is 10.2. The van der Waals surface area contributed by atoms with Crippen LogP contribution in [0.15, 0.2) is 48.5 Å². The van der Waals surface area contributed by atoms with Crippen molar-refractivity contribution in [3.8, 4) is 11.5 Å². The van der Waals surface area contributed by atoms with Gasteiger partial charge >= 0.3 is 13.6 Å². The molecule has 9 nitrogen and oxygen atoms in total. The van der Waals surface area contributed by atoms with Crippen molar-refractivity contribution in [1.29, 1.82) is 0 Å². The predicted molar refractivity (Wildman–Crippen MR) is 113 cm³/mol. The highest BCUT2D eigenvalue weighted by Crippen LogP contribution is 2.51. The third-order valence-electron chi connectivity index (χ3n) is 4.69. The minimum Gasteiger partial charge on any atom is -0.465 e. The van der Waals surface area contributed by atoms with E-state index >= 15 is 0 Å². The highest BCUT2D eigenvalue weighted by atomic mass is 31.2. The number of hydrogen-bond donors (Lipinski definition) is 0. The lowest BCUT2D eigenvalue weighted by Crippen LogP contribution is -2.17. The highest BCUT2D eigenvalue weighted by Gasteiger charge is 2.36. The van der Waals surface area contributed by atoms with E-state index in [4.69, 9.17) is 32.7 Å². The molecule has 172 valence electrons. The minimum atomic E-state index is -4.08. The van der Waals surface area contributed by atoms with E-state index in [1.807, 2.05) is 0 Å². The van der Waals surface area contributed by atoms with E-state index in [0.717, 1.165) is 0 Å². The molecule has 0 unspecified atom stereocenters. The van der Waals surface area contributed by atoms with Gasteiger partial charge in [-0.25, -0.2) is 4.57 Å². The average Bonchev–Trinajstić information content (AvgIpc) is 3.49. The van der Waals surface area contributed by atoms with Gasteiger partial charge in [-0.1, -0.05) is 36.4 Å². The fourth-order valence-electron chi connectivity index (χ4n) is 3.34. The quantitative estimate of drug-likeness (QED) is 0.403. The second-order valence-electron chi connectivity index (χ2n) is 6.98. The Bertz CT molecular complexity index is 902. The normalized spacial score (nSPS) is 17.4. The van der Waals surface area contributed by atoms with Gasteiger partial charge in [0.2, 0.25) is 0 Å². The average molecular weight is 464 g/mol. The first kappa shape index (κ1) is 22.8. The van der Waals surface area contributed by atoms with Crippen molar-refractivity contribution in [2.24, 2.45) is 0 Å². The van der Waals surface area contributed by atoms with Gasteiger partial charge in [0.25, 0.3) is 0 Å². The van der Waals surface area contributed by atoms with E-state index < -0.39 is 32.3 Å². The summed E-state index contributed by atoms with van der Waals surface area (Å²) >= 11 is 0. The van der Waals surface area contributed by atoms with Gasteiger partial charge in [0.15, 0.2) is 18.7 Å². The van der Waals surface area contributed by atoms with Crippen LogP contribution in [0.5, 0.6) is 11.5 Å². The topological polar surface area (TPSA) is 98.8 Å². The standard InChI is InChI=1S/C22H25O9P/c1-2-25-20(23)15-32(24,30-18-9-5-3-7-16(18)21-26-11-12-27-21)31-19-10-6-4-8-17(19)22-28-13-14-29-22/h3-10,21-22H,2,11-15H2,1H3. The summed E-state index contributed by atoms with van der Waals surface area (Å²) < 4.78 is 52.9. The molecule has 4 rings (SSSR count). The van der Waals surface area contributed by atoms with Crippen molar-refractivity contribution < 1.29 is 42.1 Å². The van der Waals surface area contributed by atoms with Crippen LogP contribution >= 0.6 is 7.60 Å². The number of carbonyl (C=O) groups is 1. The van der Waals surface area contributed by atoms with E-state index in [1.165, 1.54) is 0 Å². The second-order valence-corrected chi connectivity index (χ2v) is 8.88. The summed E-state index contributed by atoms with van der Waals surface area (Å²) in [5.41, 5.74) is 1.10. The number of para-hydroxylation sites is 2. The maximum absolute atomic E-state index is 13.9. The molecular weight excluding hydrogens is 439 g/mol. The van der Waals surface area contributed by atoms with Gasteiger partial charge in [0.1, 0.15) is 11.5 Å². The number of esters is 1. The molecule has 0 aliphatic carbocycles. The molecule has 0 amide bonds. The first-order valence-electron chi connectivity index (χ1n) is 10.4. The van der Waals surface area contributed by atoms with Crippen molar-refractivity contribution in [1.82, 2.24) is 0 Å². The third-order valence-corrected chi connectivity index (χ3v) is 6.29. The molecule has 10 heteroatoms. The van der Waals surface area contributed by atoms with E-state index in [-0.39, 0.29) is 18.1 Å². The number of benzene rings is 2. The van der Waals surface area contributed by atoms with Gasteiger partial charge < -0.3 is 32.7 Å². The summed E-state index contributed by atoms with van der Waals surface area (Å²) in [6, 6.07) is 13.7. The zero-order valence-corrected chi connectivity index (χ0v) is 18.5. The van der Waals surface area contributed by atoms with Crippen molar-refractivity contribution in [2.75, 3.05) is 39.2 Å². The molecule has 0 N–H and O–H groups in total. The van der Waals surface area contributed by atoms with E-state index in [9.17, 15) is 9.36 Å². The molecule has 2 heterocycles. The molecule has 2 aromatic rings. The van der Waals surface area contributed by atoms with Gasteiger partial charge in [0.05, 0.1) is 44.2 Å². The van der Waals surface area contributed by atoms with Gasteiger partial charge in [-0.2, -0.15) is 0 Å². The maximum Gasteiger partial charge on any atom is 0.441 e. The SMILES string of the molecule is CCOC(=O)CP(=O)(Oc1ccccc1C1OCCO1)Oc1ccccc1C1OCCO1. The lowest BCUT2D eigenvalue weighted by molar-refractivity contribution is -0.140. The fourth-order valence-corrected chi connectivity index (χ4v) is 4.85. The number of hydrogen-bond acceptors (Lipinski definition) is 9. The largest absolute Gasteiger partial charge is 0.465 e. The molecule has 0 radical (unpaired) electrons. The van der Waals surface area contributed by atoms with Crippen LogP contribution in [-0.4, -0.2) is 45.2 Å². The smallest absolute Gasteiger partial charge is 0.441 e. The molecule has 2 aliphatic rings. The Balaban J connectivity index is 1.64. The summed E-state index contributed by atoms with van der Waals surface area (Å²) in [5, 5.41) is 0. The Morgan fingerprint density at radius 3 is 1.72 bits per heavy atom. The Hall–Kier alpha value is -2.42. The number of ether oxygens (including phenoxy) is 5. The predicted octanol–water partition coefficient (Wildman–Crippen LogP) is 3.99. The molecule has 0 saturated carbocycles. The third kappa shape index (κ3) is 5.49. The molecule has 32 heavy (non-hydrogen) atoms. The van der Waals surface area contributed by atoms with E-state index in [0.29, 0.717) is 37.6 Å². The van der Waals surface area contributed by atoms with Crippen molar-refractivity contribution >= 4 is 13.6 Å². The van der Waals surface area contributed by atoms with Crippen LogP contribution in [0.3, 0.4) is 0 Å². The van der Waals surface area contributed by atoms with E-state index in [2.05, 4.69) is 0 Å². The van der Waals surface area contributed by atoms with Gasteiger partial charge in [-0.05, 0) is 19.1 Å². The summed E-state index contributed by atoms with van der Waals surface area (Å²) in [6.07, 6.45) is -1.90. The zero-order valence-electron chi connectivity index (χ0n) is 17.6. The molecule has 2 fully saturated rings. The van der Waals surface area contributed by atoms with Gasteiger partial charge in [0, 0.05) is 0 Å². The zero-order chi connectivity index (χ0) is 22.4. The van der Waals surface area contributed by atoms with Crippen LogP contribution in [0.25, 0.3) is 0 Å². The monoisotopic (exact) mass is 464 g/mol. The van der Waals surface area contributed by atoms with Crippen LogP contribution in [0.1, 0.15) is 30.6 Å². The highest BCUT2D eigenvalue weighted by molar-refractivity contribution is 7.55. The van der Waals surface area contributed by atoms with Crippen molar-refractivity contribution in [3.05, 3.63) is 59.7 Å². The molecule has 0 spiro atoms. The molecule has 2 aromatic carbocycles. The molecule has 2 saturated heterocycles. The molecular formula is C22H25O9P.